The first-order valence-corrected chi connectivity index (χ1v) is 10.1. The van der Waals surface area contributed by atoms with E-state index in [9.17, 15) is 0 Å². The maximum atomic E-state index is 6.27. The van der Waals surface area contributed by atoms with Gasteiger partial charge in [0.15, 0.2) is 17.9 Å². The molecule has 0 bridgehead atoms. The van der Waals surface area contributed by atoms with Gasteiger partial charge in [-0.3, -0.25) is 4.90 Å². The zero-order chi connectivity index (χ0) is 19.1. The van der Waals surface area contributed by atoms with Gasteiger partial charge in [-0.2, -0.15) is 0 Å². The number of hydrogen-bond acceptors (Lipinski definition) is 8. The Morgan fingerprint density at radius 1 is 0.963 bits per heavy atom. The lowest BCUT2D eigenvalue weighted by Gasteiger charge is -2.30. The van der Waals surface area contributed by atoms with Crippen molar-refractivity contribution >= 4 is 0 Å². The van der Waals surface area contributed by atoms with Crippen LogP contribution >= 0.6 is 0 Å². The van der Waals surface area contributed by atoms with Crippen LogP contribution in [0.1, 0.15) is 34.1 Å². The van der Waals surface area contributed by atoms with E-state index in [4.69, 9.17) is 33.2 Å². The molecule has 0 spiro atoms. The molecule has 5 atom stereocenters. The van der Waals surface area contributed by atoms with Gasteiger partial charge in [-0.15, -0.1) is 0 Å². The van der Waals surface area contributed by atoms with Crippen molar-refractivity contribution in [1.82, 2.24) is 4.90 Å². The molecule has 0 radical (unpaired) electrons. The predicted molar refractivity (Wildman–Crippen MR) is 95.2 cm³/mol. The Hall–Kier alpha value is -0.320. The predicted octanol–water partition coefficient (Wildman–Crippen LogP) is 1.12. The van der Waals surface area contributed by atoms with E-state index < -0.39 is 17.9 Å². The van der Waals surface area contributed by atoms with Gasteiger partial charge >= 0.3 is 0 Å². The molecule has 4 heterocycles. The Morgan fingerprint density at radius 3 is 2.44 bits per heavy atom. The van der Waals surface area contributed by atoms with E-state index in [2.05, 4.69) is 4.90 Å². The van der Waals surface area contributed by atoms with Crippen molar-refractivity contribution in [2.24, 2.45) is 0 Å². The summed E-state index contributed by atoms with van der Waals surface area (Å²) in [5.41, 5.74) is 0. The largest absolute Gasteiger partial charge is 0.379 e. The number of hydrogen-bond donors (Lipinski definition) is 0. The molecule has 0 amide bonds. The minimum atomic E-state index is -0.665. The fraction of sp³-hybridized carbons (Fsp3) is 1.00. The molecule has 8 nitrogen and oxygen atoms in total. The second-order valence-corrected chi connectivity index (χ2v) is 8.58. The molecule has 0 N–H and O–H groups in total. The Bertz CT molecular complexity index is 508. The summed E-state index contributed by atoms with van der Waals surface area (Å²) < 4.78 is 41.5. The molecule has 4 aliphatic heterocycles. The van der Waals surface area contributed by atoms with E-state index in [1.807, 2.05) is 27.7 Å². The highest BCUT2D eigenvalue weighted by Crippen LogP contribution is 2.41. The van der Waals surface area contributed by atoms with Crippen molar-refractivity contribution in [2.75, 3.05) is 46.1 Å². The van der Waals surface area contributed by atoms with Crippen molar-refractivity contribution in [3.05, 3.63) is 0 Å². The molecule has 0 aromatic rings. The van der Waals surface area contributed by atoms with Crippen LogP contribution in [0, 0.1) is 0 Å². The molecule has 5 unspecified atom stereocenters. The van der Waals surface area contributed by atoms with E-state index in [-0.39, 0.29) is 24.4 Å². The van der Waals surface area contributed by atoms with Crippen LogP contribution in [0.5, 0.6) is 0 Å². The number of rotatable bonds is 6. The highest BCUT2D eigenvalue weighted by atomic mass is 16.8. The standard InChI is InChI=1S/C19H33NO7/c1-18(2)23-12-13(25-18)14-15(16-17(24-14)27-19(3,4)26-16)22-9-5-6-20-7-10-21-11-8-20/h13-17H,5-12H2,1-4H3. The van der Waals surface area contributed by atoms with Gasteiger partial charge in [0, 0.05) is 26.2 Å². The van der Waals surface area contributed by atoms with Crippen LogP contribution in [-0.2, 0) is 33.2 Å². The zero-order valence-electron chi connectivity index (χ0n) is 16.8. The Labute approximate surface area is 161 Å². The summed E-state index contributed by atoms with van der Waals surface area (Å²) in [6.07, 6.45) is -0.407. The van der Waals surface area contributed by atoms with Crippen LogP contribution in [0.25, 0.3) is 0 Å². The van der Waals surface area contributed by atoms with Crippen molar-refractivity contribution in [1.29, 1.82) is 0 Å². The number of nitrogens with zero attached hydrogens (tertiary/aromatic N) is 1. The van der Waals surface area contributed by atoms with Crippen LogP contribution in [0.3, 0.4) is 0 Å². The van der Waals surface area contributed by atoms with Crippen molar-refractivity contribution < 1.29 is 33.2 Å². The SMILES string of the molecule is CC1(C)OCC(C2OC3OC(C)(C)OC3C2OCCCN2CCOCC2)O1. The van der Waals surface area contributed by atoms with Crippen LogP contribution in [0.2, 0.25) is 0 Å². The van der Waals surface area contributed by atoms with E-state index in [1.165, 1.54) is 0 Å². The molecule has 4 aliphatic rings. The van der Waals surface area contributed by atoms with Crippen molar-refractivity contribution in [3.63, 3.8) is 0 Å². The lowest BCUT2D eigenvalue weighted by atomic mass is 10.1. The van der Waals surface area contributed by atoms with Gasteiger partial charge in [0.2, 0.25) is 0 Å². The van der Waals surface area contributed by atoms with Crippen molar-refractivity contribution in [2.45, 2.75) is 76.4 Å². The zero-order valence-corrected chi connectivity index (χ0v) is 16.8. The Balaban J connectivity index is 1.33. The first-order chi connectivity index (χ1) is 12.8. The van der Waals surface area contributed by atoms with E-state index in [0.717, 1.165) is 39.3 Å². The second kappa shape index (κ2) is 7.84. The number of fused-ring (bicyclic) bond motifs is 1. The minimum Gasteiger partial charge on any atom is -0.379 e. The monoisotopic (exact) mass is 387 g/mol. The summed E-state index contributed by atoms with van der Waals surface area (Å²) in [7, 11) is 0. The van der Waals surface area contributed by atoms with Crippen LogP contribution in [0.15, 0.2) is 0 Å². The average Bonchev–Trinajstić information content (AvgIpc) is 3.22. The molecule has 0 aromatic heterocycles. The first kappa shape index (κ1) is 20.0. The third kappa shape index (κ3) is 4.64. The van der Waals surface area contributed by atoms with E-state index in [1.54, 1.807) is 0 Å². The third-order valence-electron chi connectivity index (χ3n) is 5.46. The lowest BCUT2D eigenvalue weighted by molar-refractivity contribution is -0.236. The summed E-state index contributed by atoms with van der Waals surface area (Å²) in [5, 5.41) is 0. The molecule has 0 aliphatic carbocycles. The van der Waals surface area contributed by atoms with Crippen molar-refractivity contribution in [3.8, 4) is 0 Å². The summed E-state index contributed by atoms with van der Waals surface area (Å²) >= 11 is 0. The number of morpholine rings is 1. The fourth-order valence-corrected chi connectivity index (χ4v) is 4.20. The fourth-order valence-electron chi connectivity index (χ4n) is 4.20. The van der Waals surface area contributed by atoms with Crippen LogP contribution in [-0.4, -0.2) is 93.2 Å². The molecule has 0 saturated carbocycles. The summed E-state index contributed by atoms with van der Waals surface area (Å²) in [5.74, 6) is -1.27. The third-order valence-corrected chi connectivity index (χ3v) is 5.46. The van der Waals surface area contributed by atoms with E-state index in [0.29, 0.717) is 13.2 Å². The molecular formula is C19H33NO7. The quantitative estimate of drug-likeness (QED) is 0.628. The lowest BCUT2D eigenvalue weighted by Crippen LogP contribution is -2.44. The van der Waals surface area contributed by atoms with Gasteiger partial charge in [0.1, 0.15) is 24.4 Å². The summed E-state index contributed by atoms with van der Waals surface area (Å²) in [6.45, 7) is 13.4. The first-order valence-electron chi connectivity index (χ1n) is 10.1. The molecule has 4 rings (SSSR count). The highest BCUT2D eigenvalue weighted by Gasteiger charge is 2.58. The van der Waals surface area contributed by atoms with Gasteiger partial charge in [-0.25, -0.2) is 0 Å². The van der Waals surface area contributed by atoms with Crippen LogP contribution < -0.4 is 0 Å². The smallest absolute Gasteiger partial charge is 0.190 e. The van der Waals surface area contributed by atoms with E-state index >= 15 is 0 Å². The van der Waals surface area contributed by atoms with Gasteiger partial charge in [0.05, 0.1) is 19.8 Å². The Kier molecular flexibility index (Phi) is 5.80. The van der Waals surface area contributed by atoms with Gasteiger partial charge < -0.3 is 33.2 Å². The van der Waals surface area contributed by atoms with Gasteiger partial charge in [0.25, 0.3) is 0 Å². The average molecular weight is 387 g/mol. The second-order valence-electron chi connectivity index (χ2n) is 8.58. The summed E-state index contributed by atoms with van der Waals surface area (Å²) in [4.78, 5) is 2.41. The topological polar surface area (TPSA) is 67.9 Å². The molecule has 8 heteroatoms. The molecule has 4 fully saturated rings. The maximum absolute atomic E-state index is 6.27. The molecule has 4 saturated heterocycles. The highest BCUT2D eigenvalue weighted by molar-refractivity contribution is 4.98. The molecule has 0 aromatic carbocycles. The Morgan fingerprint density at radius 2 is 1.74 bits per heavy atom. The minimum absolute atomic E-state index is 0.190. The normalized spacial score (nSPS) is 41.1. The van der Waals surface area contributed by atoms with Crippen LogP contribution in [0.4, 0.5) is 0 Å². The molecule has 156 valence electrons. The van der Waals surface area contributed by atoms with Gasteiger partial charge in [-0.05, 0) is 34.1 Å². The molecule has 27 heavy (non-hydrogen) atoms. The number of ether oxygens (including phenoxy) is 7. The summed E-state index contributed by atoms with van der Waals surface area (Å²) in [6, 6.07) is 0. The van der Waals surface area contributed by atoms with Gasteiger partial charge in [-0.1, -0.05) is 0 Å². The molecular weight excluding hydrogens is 354 g/mol. The maximum Gasteiger partial charge on any atom is 0.190 e.